The van der Waals surface area contributed by atoms with Crippen LogP contribution in [-0.4, -0.2) is 15.6 Å². The standard InChI is InChI=1S/C14H12BrN3O2/c1-7-11-12(8(2)19)13(16)20-14(11)18(17-7)10-6-4-3-5-9(10)15/h3-6H,16H2,1-2H3. The third-order valence-electron chi connectivity index (χ3n) is 3.15. The van der Waals surface area contributed by atoms with Crippen molar-refractivity contribution in [1.29, 1.82) is 0 Å². The molecule has 0 aliphatic carbocycles. The van der Waals surface area contributed by atoms with Gasteiger partial charge in [-0.3, -0.25) is 4.79 Å². The van der Waals surface area contributed by atoms with E-state index in [2.05, 4.69) is 21.0 Å². The molecule has 0 spiro atoms. The van der Waals surface area contributed by atoms with E-state index in [1.54, 1.807) is 4.68 Å². The molecule has 102 valence electrons. The van der Waals surface area contributed by atoms with Crippen LogP contribution in [0.5, 0.6) is 0 Å². The maximum absolute atomic E-state index is 11.7. The number of nitrogens with zero attached hydrogens (tertiary/aromatic N) is 2. The molecule has 2 aromatic heterocycles. The molecule has 20 heavy (non-hydrogen) atoms. The summed E-state index contributed by atoms with van der Waals surface area (Å²) in [6.45, 7) is 3.30. The van der Waals surface area contributed by atoms with E-state index >= 15 is 0 Å². The molecular weight excluding hydrogens is 322 g/mol. The number of hydrogen-bond acceptors (Lipinski definition) is 4. The van der Waals surface area contributed by atoms with Crippen molar-refractivity contribution < 1.29 is 9.21 Å². The van der Waals surface area contributed by atoms with E-state index in [-0.39, 0.29) is 11.7 Å². The average molecular weight is 334 g/mol. The molecule has 0 aliphatic heterocycles. The molecule has 0 unspecified atom stereocenters. The van der Waals surface area contributed by atoms with Gasteiger partial charge in [-0.05, 0) is 41.9 Å². The van der Waals surface area contributed by atoms with Gasteiger partial charge < -0.3 is 10.2 Å². The van der Waals surface area contributed by atoms with Gasteiger partial charge in [0.1, 0.15) is 0 Å². The van der Waals surface area contributed by atoms with Crippen molar-refractivity contribution in [1.82, 2.24) is 9.78 Å². The number of furan rings is 1. The van der Waals surface area contributed by atoms with E-state index in [1.165, 1.54) is 6.92 Å². The summed E-state index contributed by atoms with van der Waals surface area (Å²) in [5, 5.41) is 5.12. The summed E-state index contributed by atoms with van der Waals surface area (Å²) in [5.74, 6) is 0.00447. The van der Waals surface area contributed by atoms with Crippen LogP contribution in [0.2, 0.25) is 0 Å². The first-order chi connectivity index (χ1) is 9.50. The smallest absolute Gasteiger partial charge is 0.233 e. The third kappa shape index (κ3) is 1.76. The van der Waals surface area contributed by atoms with Crippen LogP contribution in [0.25, 0.3) is 16.8 Å². The Morgan fingerprint density at radius 2 is 2.10 bits per heavy atom. The molecule has 0 atom stereocenters. The normalized spacial score (nSPS) is 11.2. The highest BCUT2D eigenvalue weighted by atomic mass is 79.9. The summed E-state index contributed by atoms with van der Waals surface area (Å²) in [6, 6.07) is 7.64. The Balaban J connectivity index is 2.38. The summed E-state index contributed by atoms with van der Waals surface area (Å²) in [5.41, 5.74) is 8.23. The van der Waals surface area contributed by atoms with Gasteiger partial charge in [0.25, 0.3) is 0 Å². The summed E-state index contributed by atoms with van der Waals surface area (Å²) in [7, 11) is 0. The molecular formula is C14H12BrN3O2. The topological polar surface area (TPSA) is 74.1 Å². The Labute approximate surface area is 123 Å². The summed E-state index contributed by atoms with van der Waals surface area (Å²) in [4.78, 5) is 11.7. The molecule has 2 heterocycles. The van der Waals surface area contributed by atoms with E-state index in [9.17, 15) is 4.79 Å². The lowest BCUT2D eigenvalue weighted by Gasteiger charge is -2.03. The maximum Gasteiger partial charge on any atom is 0.233 e. The number of aryl methyl sites for hydroxylation is 1. The number of rotatable bonds is 2. The van der Waals surface area contributed by atoms with Gasteiger partial charge >= 0.3 is 0 Å². The summed E-state index contributed by atoms with van der Waals surface area (Å²) >= 11 is 3.48. The van der Waals surface area contributed by atoms with Gasteiger partial charge in [0, 0.05) is 4.47 Å². The zero-order valence-corrected chi connectivity index (χ0v) is 12.6. The van der Waals surface area contributed by atoms with Gasteiger partial charge in [-0.1, -0.05) is 12.1 Å². The van der Waals surface area contributed by atoms with Crippen LogP contribution in [0.15, 0.2) is 33.2 Å². The fourth-order valence-corrected chi connectivity index (χ4v) is 2.76. The van der Waals surface area contributed by atoms with Crippen LogP contribution in [-0.2, 0) is 0 Å². The molecule has 0 fully saturated rings. The van der Waals surface area contributed by atoms with Gasteiger partial charge in [0.2, 0.25) is 11.6 Å². The van der Waals surface area contributed by atoms with Crippen LogP contribution in [0.4, 0.5) is 5.88 Å². The molecule has 0 radical (unpaired) electrons. The number of halogens is 1. The zero-order valence-electron chi connectivity index (χ0n) is 11.0. The average Bonchev–Trinajstić information content (AvgIpc) is 2.87. The number of nitrogens with two attached hydrogens (primary N) is 1. The van der Waals surface area contributed by atoms with Crippen LogP contribution in [0, 0.1) is 6.92 Å². The third-order valence-corrected chi connectivity index (χ3v) is 3.82. The molecule has 3 aromatic rings. The molecule has 6 heteroatoms. The lowest BCUT2D eigenvalue weighted by molar-refractivity contribution is 0.101. The quantitative estimate of drug-likeness (QED) is 0.728. The molecule has 3 rings (SSSR count). The van der Waals surface area contributed by atoms with Crippen molar-refractivity contribution in [3.63, 3.8) is 0 Å². The van der Waals surface area contributed by atoms with Gasteiger partial charge in [0.15, 0.2) is 5.78 Å². The molecule has 0 saturated heterocycles. The molecule has 0 amide bonds. The number of fused-ring (bicyclic) bond motifs is 1. The predicted molar refractivity (Wildman–Crippen MR) is 80.2 cm³/mol. The van der Waals surface area contributed by atoms with Crippen molar-refractivity contribution in [2.45, 2.75) is 13.8 Å². The Morgan fingerprint density at radius 1 is 1.40 bits per heavy atom. The van der Waals surface area contributed by atoms with E-state index in [1.807, 2.05) is 31.2 Å². The van der Waals surface area contributed by atoms with E-state index in [0.29, 0.717) is 22.4 Å². The number of para-hydroxylation sites is 1. The number of anilines is 1. The fraction of sp³-hybridized carbons (Fsp3) is 0.143. The molecule has 0 saturated carbocycles. The van der Waals surface area contributed by atoms with Gasteiger partial charge in [-0.25, -0.2) is 0 Å². The number of aromatic nitrogens is 2. The van der Waals surface area contributed by atoms with Crippen molar-refractivity contribution in [3.05, 3.63) is 40.0 Å². The number of hydrogen-bond donors (Lipinski definition) is 1. The zero-order chi connectivity index (χ0) is 14.4. The lowest BCUT2D eigenvalue weighted by atomic mass is 10.1. The minimum Gasteiger partial charge on any atom is -0.422 e. The number of ketones is 1. The Hall–Kier alpha value is -2.08. The van der Waals surface area contributed by atoms with Crippen molar-refractivity contribution in [2.75, 3.05) is 5.73 Å². The van der Waals surface area contributed by atoms with Crippen LogP contribution in [0.3, 0.4) is 0 Å². The summed E-state index contributed by atoms with van der Waals surface area (Å²) in [6.07, 6.45) is 0. The van der Waals surface area contributed by atoms with Crippen molar-refractivity contribution >= 4 is 38.7 Å². The van der Waals surface area contributed by atoms with Crippen LogP contribution in [0.1, 0.15) is 23.0 Å². The maximum atomic E-state index is 11.7. The highest BCUT2D eigenvalue weighted by Crippen LogP contribution is 2.33. The Morgan fingerprint density at radius 3 is 2.75 bits per heavy atom. The first-order valence-corrected chi connectivity index (χ1v) is 6.83. The number of nitrogen functional groups attached to an aromatic ring is 1. The largest absolute Gasteiger partial charge is 0.422 e. The second-order valence-corrected chi connectivity index (χ2v) is 5.38. The number of carbonyl (C=O) groups is 1. The summed E-state index contributed by atoms with van der Waals surface area (Å²) < 4.78 is 8.09. The van der Waals surface area contributed by atoms with Crippen LogP contribution < -0.4 is 5.73 Å². The van der Waals surface area contributed by atoms with Crippen molar-refractivity contribution in [3.8, 4) is 5.69 Å². The van der Waals surface area contributed by atoms with Gasteiger partial charge in [-0.15, -0.1) is 0 Å². The highest BCUT2D eigenvalue weighted by Gasteiger charge is 2.23. The molecule has 2 N–H and O–H groups in total. The first kappa shape index (κ1) is 12.9. The van der Waals surface area contributed by atoms with Crippen molar-refractivity contribution in [2.24, 2.45) is 0 Å². The molecule has 5 nitrogen and oxygen atoms in total. The first-order valence-electron chi connectivity index (χ1n) is 6.04. The second kappa shape index (κ2) is 4.49. The van der Waals surface area contributed by atoms with Crippen LogP contribution >= 0.6 is 15.9 Å². The number of benzene rings is 1. The van der Waals surface area contributed by atoms with E-state index in [0.717, 1.165) is 10.2 Å². The minimum absolute atomic E-state index is 0.129. The number of Topliss-reactive ketones (excluding diaryl/α,β-unsaturated/α-hetero) is 1. The monoisotopic (exact) mass is 333 g/mol. The molecule has 0 aliphatic rings. The predicted octanol–water partition coefficient (Wildman–Crippen LogP) is 3.47. The Bertz CT molecular complexity index is 832. The SMILES string of the molecule is CC(=O)c1c(N)oc2c1c(C)nn2-c1ccccc1Br. The lowest BCUT2D eigenvalue weighted by Crippen LogP contribution is -1.98. The van der Waals surface area contributed by atoms with Gasteiger partial charge in [-0.2, -0.15) is 9.78 Å². The highest BCUT2D eigenvalue weighted by molar-refractivity contribution is 9.10. The Kier molecular flexibility index (Phi) is 2.90. The molecule has 1 aromatic carbocycles. The second-order valence-electron chi connectivity index (χ2n) is 4.53. The van der Waals surface area contributed by atoms with E-state index < -0.39 is 0 Å². The fourth-order valence-electron chi connectivity index (χ4n) is 2.30. The minimum atomic E-state index is -0.129. The van der Waals surface area contributed by atoms with Gasteiger partial charge in [0.05, 0.1) is 22.3 Å². The number of carbonyl (C=O) groups excluding carboxylic acids is 1. The molecule has 0 bridgehead atoms. The van der Waals surface area contributed by atoms with E-state index in [4.69, 9.17) is 10.2 Å².